The summed E-state index contributed by atoms with van der Waals surface area (Å²) in [6.07, 6.45) is 1.46. The Bertz CT molecular complexity index is 688. The quantitative estimate of drug-likeness (QED) is 0.853. The van der Waals surface area contributed by atoms with Gasteiger partial charge >= 0.3 is 0 Å². The van der Waals surface area contributed by atoms with E-state index in [2.05, 4.69) is 9.88 Å². The predicted molar refractivity (Wildman–Crippen MR) is 78.5 cm³/mol. The number of rotatable bonds is 1. The van der Waals surface area contributed by atoms with Crippen molar-refractivity contribution in [2.45, 2.75) is 0 Å². The van der Waals surface area contributed by atoms with E-state index in [9.17, 15) is 9.59 Å². The van der Waals surface area contributed by atoms with Crippen LogP contribution in [0.2, 0.25) is 0 Å². The number of para-hydroxylation sites is 2. The minimum Gasteiger partial charge on any atom is -0.371 e. The second kappa shape index (κ2) is 4.85. The Morgan fingerprint density at radius 2 is 1.85 bits per heavy atom. The number of anilines is 2. The first-order valence-electron chi connectivity index (χ1n) is 6.47. The van der Waals surface area contributed by atoms with Crippen molar-refractivity contribution in [3.63, 3.8) is 0 Å². The third-order valence-electron chi connectivity index (χ3n) is 3.52. The van der Waals surface area contributed by atoms with Gasteiger partial charge in [0, 0.05) is 32.4 Å². The van der Waals surface area contributed by atoms with Crippen molar-refractivity contribution in [2.75, 3.05) is 29.9 Å². The number of amides is 1. The smallest absolute Gasteiger partial charge is 0.259 e. The van der Waals surface area contributed by atoms with E-state index >= 15 is 0 Å². The van der Waals surface area contributed by atoms with Crippen molar-refractivity contribution < 1.29 is 4.79 Å². The molecule has 1 aromatic carbocycles. The maximum Gasteiger partial charge on any atom is 0.259 e. The first-order valence-corrected chi connectivity index (χ1v) is 6.47. The van der Waals surface area contributed by atoms with Crippen LogP contribution in [0.3, 0.4) is 0 Å². The summed E-state index contributed by atoms with van der Waals surface area (Å²) in [5.74, 6) is -0.0956. The molecule has 5 heteroatoms. The molecule has 1 aromatic heterocycles. The van der Waals surface area contributed by atoms with Crippen molar-refractivity contribution in [2.24, 2.45) is 0 Å². The summed E-state index contributed by atoms with van der Waals surface area (Å²) in [6.45, 7) is 1.41. The molecule has 102 valence electrons. The molecule has 2 aromatic rings. The summed E-state index contributed by atoms with van der Waals surface area (Å²) in [5.41, 5.74) is 2.22. The third-order valence-corrected chi connectivity index (χ3v) is 3.52. The highest BCUT2D eigenvalue weighted by molar-refractivity contribution is 6.08. The second-order valence-electron chi connectivity index (χ2n) is 4.81. The van der Waals surface area contributed by atoms with Gasteiger partial charge in [0.1, 0.15) is 0 Å². The summed E-state index contributed by atoms with van der Waals surface area (Å²) in [5, 5.41) is 0. The average molecular weight is 269 g/mol. The van der Waals surface area contributed by atoms with Crippen LogP contribution in [0.5, 0.6) is 0 Å². The van der Waals surface area contributed by atoms with E-state index in [4.69, 9.17) is 0 Å². The van der Waals surface area contributed by atoms with Gasteiger partial charge in [-0.3, -0.25) is 9.59 Å². The summed E-state index contributed by atoms with van der Waals surface area (Å²) in [7, 11) is 2.01. The van der Waals surface area contributed by atoms with Gasteiger partial charge in [-0.1, -0.05) is 12.1 Å². The predicted octanol–water partition coefficient (Wildman–Crippen LogP) is 1.47. The Morgan fingerprint density at radius 1 is 1.10 bits per heavy atom. The molecule has 20 heavy (non-hydrogen) atoms. The highest BCUT2D eigenvalue weighted by Gasteiger charge is 2.25. The first kappa shape index (κ1) is 12.5. The lowest BCUT2D eigenvalue weighted by Gasteiger charge is -2.35. The second-order valence-corrected chi connectivity index (χ2v) is 4.81. The number of pyridine rings is 1. The number of carbonyl (C=O) groups excluding carboxylic acids is 1. The number of nitrogens with one attached hydrogen (secondary N) is 1. The van der Waals surface area contributed by atoms with Crippen LogP contribution in [0.25, 0.3) is 0 Å². The van der Waals surface area contributed by atoms with E-state index in [1.165, 1.54) is 12.3 Å². The van der Waals surface area contributed by atoms with Gasteiger partial charge in [0.2, 0.25) is 5.56 Å². The largest absolute Gasteiger partial charge is 0.371 e. The zero-order chi connectivity index (χ0) is 14.1. The highest BCUT2D eigenvalue weighted by Crippen LogP contribution is 2.32. The zero-order valence-corrected chi connectivity index (χ0v) is 11.2. The van der Waals surface area contributed by atoms with Crippen LogP contribution in [0.1, 0.15) is 10.4 Å². The minimum atomic E-state index is -0.208. The standard InChI is InChI=1S/C15H15N3O2/c1-17-8-9-18(13-5-3-2-4-12(13)17)15(20)11-6-7-14(19)16-10-11/h2-7,10H,8-9H2,1H3,(H,16,19). The van der Waals surface area contributed by atoms with Crippen molar-refractivity contribution in [1.29, 1.82) is 0 Å². The molecule has 1 aliphatic heterocycles. The van der Waals surface area contributed by atoms with Crippen molar-refractivity contribution in [3.8, 4) is 0 Å². The summed E-state index contributed by atoms with van der Waals surface area (Å²) < 4.78 is 0. The van der Waals surface area contributed by atoms with Gasteiger partial charge < -0.3 is 14.8 Å². The first-order chi connectivity index (χ1) is 9.66. The molecule has 3 rings (SSSR count). The molecule has 1 aliphatic rings. The molecule has 0 spiro atoms. The number of nitrogens with zero attached hydrogens (tertiary/aromatic N) is 2. The van der Waals surface area contributed by atoms with Crippen molar-refractivity contribution in [3.05, 3.63) is 58.5 Å². The average Bonchev–Trinajstić information content (AvgIpc) is 2.48. The van der Waals surface area contributed by atoms with Gasteiger partial charge in [-0.2, -0.15) is 0 Å². The van der Waals surface area contributed by atoms with Gasteiger partial charge in [-0.15, -0.1) is 0 Å². The topological polar surface area (TPSA) is 56.4 Å². The molecule has 0 radical (unpaired) electrons. The van der Waals surface area contributed by atoms with E-state index in [1.807, 2.05) is 31.3 Å². The molecule has 0 fully saturated rings. The Balaban J connectivity index is 1.99. The Hall–Kier alpha value is -2.56. The maximum atomic E-state index is 12.6. The normalized spacial score (nSPS) is 14.1. The molecule has 0 unspecified atom stereocenters. The number of carbonyl (C=O) groups is 1. The van der Waals surface area contributed by atoms with Gasteiger partial charge in [0.05, 0.1) is 16.9 Å². The lowest BCUT2D eigenvalue weighted by atomic mass is 10.1. The molecule has 1 N–H and O–H groups in total. The number of hydrogen-bond acceptors (Lipinski definition) is 3. The van der Waals surface area contributed by atoms with E-state index in [1.54, 1.807) is 11.0 Å². The number of benzene rings is 1. The number of aromatic nitrogens is 1. The SMILES string of the molecule is CN1CCN(C(=O)c2ccc(=O)[nH]c2)c2ccccc21. The van der Waals surface area contributed by atoms with Crippen LogP contribution in [-0.4, -0.2) is 31.0 Å². The molecule has 0 bridgehead atoms. The van der Waals surface area contributed by atoms with Crippen LogP contribution < -0.4 is 15.4 Å². The summed E-state index contributed by atoms with van der Waals surface area (Å²) in [6, 6.07) is 10.8. The maximum absolute atomic E-state index is 12.6. The molecule has 1 amide bonds. The molecular formula is C15H15N3O2. The van der Waals surface area contributed by atoms with Gasteiger partial charge in [0.25, 0.3) is 5.91 Å². The summed E-state index contributed by atoms with van der Waals surface area (Å²) >= 11 is 0. The van der Waals surface area contributed by atoms with Crippen LogP contribution in [0.4, 0.5) is 11.4 Å². The van der Waals surface area contributed by atoms with E-state index < -0.39 is 0 Å². The Kier molecular flexibility index (Phi) is 3.02. The fraction of sp³-hybridized carbons (Fsp3) is 0.200. The number of likely N-dealkylation sites (N-methyl/N-ethyl adjacent to an activating group) is 1. The monoisotopic (exact) mass is 269 g/mol. The Morgan fingerprint density at radius 3 is 2.55 bits per heavy atom. The summed E-state index contributed by atoms with van der Waals surface area (Å²) in [4.78, 5) is 30.1. The van der Waals surface area contributed by atoms with Crippen LogP contribution >= 0.6 is 0 Å². The Labute approximate surface area is 116 Å². The van der Waals surface area contributed by atoms with Crippen LogP contribution in [0.15, 0.2) is 47.4 Å². The number of hydrogen-bond donors (Lipinski definition) is 1. The number of H-pyrrole nitrogens is 1. The molecule has 5 nitrogen and oxygen atoms in total. The zero-order valence-electron chi connectivity index (χ0n) is 11.2. The fourth-order valence-corrected chi connectivity index (χ4v) is 2.42. The minimum absolute atomic E-state index is 0.0956. The van der Waals surface area contributed by atoms with Gasteiger partial charge in [0.15, 0.2) is 0 Å². The molecular weight excluding hydrogens is 254 g/mol. The van der Waals surface area contributed by atoms with E-state index in [0.29, 0.717) is 12.1 Å². The lowest BCUT2D eigenvalue weighted by molar-refractivity contribution is 0.0986. The number of fused-ring (bicyclic) bond motifs is 1. The lowest BCUT2D eigenvalue weighted by Crippen LogP contribution is -2.42. The van der Waals surface area contributed by atoms with Gasteiger partial charge in [-0.05, 0) is 18.2 Å². The van der Waals surface area contributed by atoms with Crippen molar-refractivity contribution >= 4 is 17.3 Å². The van der Waals surface area contributed by atoms with Gasteiger partial charge in [-0.25, -0.2) is 0 Å². The molecule has 0 atom stereocenters. The highest BCUT2D eigenvalue weighted by atomic mass is 16.2. The van der Waals surface area contributed by atoms with E-state index in [-0.39, 0.29) is 11.5 Å². The van der Waals surface area contributed by atoms with E-state index in [0.717, 1.165) is 17.9 Å². The number of aromatic amines is 1. The molecule has 2 heterocycles. The third kappa shape index (κ3) is 2.07. The molecule has 0 aliphatic carbocycles. The van der Waals surface area contributed by atoms with Crippen molar-refractivity contribution in [1.82, 2.24) is 4.98 Å². The molecule has 0 saturated carbocycles. The fourth-order valence-electron chi connectivity index (χ4n) is 2.42. The molecule has 0 saturated heterocycles. The van der Waals surface area contributed by atoms with Crippen LogP contribution in [-0.2, 0) is 0 Å². The van der Waals surface area contributed by atoms with Crippen LogP contribution in [0, 0.1) is 0 Å².